The molecule has 0 radical (unpaired) electrons. The Labute approximate surface area is 101 Å². The maximum atomic E-state index is 10.4. The van der Waals surface area contributed by atoms with Gasteiger partial charge in [0.1, 0.15) is 0 Å². The molecule has 0 saturated carbocycles. The van der Waals surface area contributed by atoms with Crippen LogP contribution in [-0.4, -0.2) is 31.2 Å². The van der Waals surface area contributed by atoms with Gasteiger partial charge in [-0.15, -0.1) is 4.73 Å². The molecule has 18 heavy (non-hydrogen) atoms. The molecule has 0 spiro atoms. The van der Waals surface area contributed by atoms with Crippen LogP contribution >= 0.6 is 0 Å². The minimum atomic E-state index is -1.64. The van der Waals surface area contributed by atoms with Crippen LogP contribution in [0.25, 0.3) is 0 Å². The first kappa shape index (κ1) is 11.8. The summed E-state index contributed by atoms with van der Waals surface area (Å²) in [6, 6.07) is 6.49. The highest BCUT2D eigenvalue weighted by atomic mass is 16.8. The molecular weight excluding hydrogens is 240 g/mol. The molecule has 0 aromatic carbocycles. The molecular formula is C11H10N2O5. The van der Waals surface area contributed by atoms with E-state index in [1.54, 1.807) is 24.4 Å². The first-order valence-electron chi connectivity index (χ1n) is 5.01. The highest BCUT2D eigenvalue weighted by Gasteiger charge is 2.17. The Bertz CT molecular complexity index is 564. The maximum absolute atomic E-state index is 10.4. The van der Waals surface area contributed by atoms with E-state index in [2.05, 4.69) is 9.82 Å². The molecule has 2 aromatic rings. The highest BCUT2D eigenvalue weighted by molar-refractivity contribution is 5.58. The van der Waals surface area contributed by atoms with Crippen molar-refractivity contribution >= 4 is 6.16 Å². The van der Waals surface area contributed by atoms with Crippen LogP contribution in [0.2, 0.25) is 0 Å². The third-order valence-electron chi connectivity index (χ3n) is 2.26. The lowest BCUT2D eigenvalue weighted by Gasteiger charge is -2.03. The minimum Gasteiger partial charge on any atom is -0.492 e. The van der Waals surface area contributed by atoms with E-state index < -0.39 is 17.9 Å². The summed E-state index contributed by atoms with van der Waals surface area (Å²) in [7, 11) is 0. The highest BCUT2D eigenvalue weighted by Crippen LogP contribution is 2.27. The molecule has 0 aliphatic carbocycles. The zero-order valence-electron chi connectivity index (χ0n) is 9.15. The minimum absolute atomic E-state index is 0.246. The number of hydrogen-bond donors (Lipinski definition) is 3. The fraction of sp³-hybridized carbons (Fsp3) is 0.0909. The number of nitrogens with zero attached hydrogens (tertiary/aromatic N) is 2. The molecule has 94 valence electrons. The second-order valence-corrected chi connectivity index (χ2v) is 3.50. The number of aromatic nitrogens is 2. The zero-order chi connectivity index (χ0) is 13.1. The van der Waals surface area contributed by atoms with Crippen LogP contribution in [0.3, 0.4) is 0 Å². The van der Waals surface area contributed by atoms with Crippen molar-refractivity contribution in [3.8, 4) is 11.8 Å². The van der Waals surface area contributed by atoms with Crippen molar-refractivity contribution in [2.24, 2.45) is 0 Å². The second-order valence-electron chi connectivity index (χ2n) is 3.50. The zero-order valence-corrected chi connectivity index (χ0v) is 9.15. The average Bonchev–Trinajstić information content (AvgIpc) is 2.58. The van der Waals surface area contributed by atoms with Gasteiger partial charge < -0.3 is 15.3 Å². The summed E-state index contributed by atoms with van der Waals surface area (Å²) in [5.41, 5.74) is 0.979. The Morgan fingerprint density at radius 1 is 1.39 bits per heavy atom. The number of aromatic hydroxyl groups is 2. The fourth-order valence-corrected chi connectivity index (χ4v) is 1.51. The maximum Gasteiger partial charge on any atom is 0.531 e. The van der Waals surface area contributed by atoms with Gasteiger partial charge in [0.2, 0.25) is 11.8 Å². The summed E-state index contributed by atoms with van der Waals surface area (Å²) in [5, 5.41) is 27.6. The summed E-state index contributed by atoms with van der Waals surface area (Å²) in [5.74, 6) is -0.971. The van der Waals surface area contributed by atoms with Crippen LogP contribution in [0.5, 0.6) is 11.8 Å². The van der Waals surface area contributed by atoms with Crippen molar-refractivity contribution < 1.29 is 25.0 Å². The molecule has 0 aliphatic rings. The summed E-state index contributed by atoms with van der Waals surface area (Å²) in [6.45, 7) is 0. The van der Waals surface area contributed by atoms with Crippen LogP contribution in [0.4, 0.5) is 4.79 Å². The molecule has 0 saturated heterocycles. The molecule has 7 heteroatoms. The lowest BCUT2D eigenvalue weighted by molar-refractivity contribution is 0.0643. The summed E-state index contributed by atoms with van der Waals surface area (Å²) in [4.78, 5) is 18.6. The van der Waals surface area contributed by atoms with Crippen molar-refractivity contribution in [1.29, 1.82) is 0 Å². The third kappa shape index (κ3) is 2.34. The second kappa shape index (κ2) is 4.66. The lowest BCUT2D eigenvalue weighted by Crippen LogP contribution is -2.16. The quantitative estimate of drug-likeness (QED) is 0.750. The molecule has 0 amide bonds. The van der Waals surface area contributed by atoms with E-state index in [4.69, 9.17) is 5.11 Å². The van der Waals surface area contributed by atoms with Crippen molar-refractivity contribution in [1.82, 2.24) is 9.71 Å². The Morgan fingerprint density at radius 3 is 2.78 bits per heavy atom. The van der Waals surface area contributed by atoms with Gasteiger partial charge in [-0.1, -0.05) is 6.07 Å². The van der Waals surface area contributed by atoms with Gasteiger partial charge in [-0.25, -0.2) is 4.79 Å². The van der Waals surface area contributed by atoms with Crippen LogP contribution in [0.1, 0.15) is 11.3 Å². The Hall–Kier alpha value is -2.70. The van der Waals surface area contributed by atoms with Gasteiger partial charge in [-0.2, -0.15) is 0 Å². The van der Waals surface area contributed by atoms with Crippen molar-refractivity contribution in [2.75, 3.05) is 0 Å². The average molecular weight is 250 g/mol. The Morgan fingerprint density at radius 2 is 2.17 bits per heavy atom. The molecule has 0 fully saturated rings. The molecule has 0 unspecified atom stereocenters. The van der Waals surface area contributed by atoms with Crippen LogP contribution in [0.15, 0.2) is 30.5 Å². The number of pyridine rings is 1. The molecule has 2 heterocycles. The summed E-state index contributed by atoms with van der Waals surface area (Å²) in [6.07, 6.45) is 0.202. The lowest BCUT2D eigenvalue weighted by atomic mass is 10.1. The summed E-state index contributed by atoms with van der Waals surface area (Å²) < 4.78 is 0.431. The van der Waals surface area contributed by atoms with E-state index in [0.717, 1.165) is 0 Å². The molecule has 2 aromatic heterocycles. The van der Waals surface area contributed by atoms with E-state index in [1.807, 2.05) is 0 Å². The van der Waals surface area contributed by atoms with Crippen molar-refractivity contribution in [3.63, 3.8) is 0 Å². The largest absolute Gasteiger partial charge is 0.531 e. The first-order chi connectivity index (χ1) is 8.58. The number of rotatable bonds is 3. The number of hydrogen-bond acceptors (Lipinski definition) is 5. The third-order valence-corrected chi connectivity index (χ3v) is 2.26. The predicted molar refractivity (Wildman–Crippen MR) is 59.4 cm³/mol. The normalized spacial score (nSPS) is 10.2. The standard InChI is InChI=1S/C11H10N2O5/c14-9-6-7(5-8-3-1-2-4-12-8)10(15)13(9)18-11(16)17/h1-4,6,14-15H,5H2,(H,16,17). The fourth-order valence-electron chi connectivity index (χ4n) is 1.51. The van der Waals surface area contributed by atoms with Crippen LogP contribution < -0.4 is 4.84 Å². The topological polar surface area (TPSA) is 105 Å². The van der Waals surface area contributed by atoms with E-state index in [1.165, 1.54) is 6.07 Å². The predicted octanol–water partition coefficient (Wildman–Crippen LogP) is 0.992. The van der Waals surface area contributed by atoms with E-state index >= 15 is 0 Å². The number of carbonyl (C=O) groups is 1. The van der Waals surface area contributed by atoms with Crippen molar-refractivity contribution in [3.05, 3.63) is 41.7 Å². The van der Waals surface area contributed by atoms with Crippen LogP contribution in [0, 0.1) is 0 Å². The van der Waals surface area contributed by atoms with Crippen LogP contribution in [-0.2, 0) is 6.42 Å². The van der Waals surface area contributed by atoms with Gasteiger partial charge in [0, 0.05) is 29.9 Å². The van der Waals surface area contributed by atoms with Gasteiger partial charge in [0.25, 0.3) is 0 Å². The molecule has 3 N–H and O–H groups in total. The van der Waals surface area contributed by atoms with E-state index in [9.17, 15) is 15.0 Å². The smallest absolute Gasteiger partial charge is 0.492 e. The van der Waals surface area contributed by atoms with Gasteiger partial charge >= 0.3 is 6.16 Å². The molecule has 7 nitrogen and oxygen atoms in total. The molecule has 0 bridgehead atoms. The monoisotopic (exact) mass is 250 g/mol. The van der Waals surface area contributed by atoms with Gasteiger partial charge in [0.05, 0.1) is 0 Å². The van der Waals surface area contributed by atoms with E-state index in [0.29, 0.717) is 16.0 Å². The first-order valence-corrected chi connectivity index (χ1v) is 5.01. The van der Waals surface area contributed by atoms with E-state index in [-0.39, 0.29) is 6.42 Å². The van der Waals surface area contributed by atoms with Crippen molar-refractivity contribution in [2.45, 2.75) is 6.42 Å². The molecule has 0 aliphatic heterocycles. The summed E-state index contributed by atoms with van der Waals surface area (Å²) >= 11 is 0. The Kier molecular flexibility index (Phi) is 3.05. The molecule has 0 atom stereocenters. The SMILES string of the molecule is O=C(O)On1c(O)cc(Cc2ccccn2)c1O. The Balaban J connectivity index is 2.27. The van der Waals surface area contributed by atoms with Gasteiger partial charge in [-0.3, -0.25) is 9.82 Å². The number of carboxylic acid groups (broad SMARTS) is 1. The molecule has 2 rings (SSSR count). The van der Waals surface area contributed by atoms with Gasteiger partial charge in [0.15, 0.2) is 0 Å². The van der Waals surface area contributed by atoms with Gasteiger partial charge in [-0.05, 0) is 12.1 Å².